The number of anilines is 1. The van der Waals surface area contributed by atoms with Crippen molar-refractivity contribution in [3.05, 3.63) is 24.3 Å². The third-order valence-corrected chi connectivity index (χ3v) is 5.38. The van der Waals surface area contributed by atoms with Crippen LogP contribution < -0.4 is 10.1 Å². The van der Waals surface area contributed by atoms with E-state index in [1.807, 2.05) is 29.2 Å². The molecule has 0 radical (unpaired) electrons. The first-order chi connectivity index (χ1) is 13.5. The predicted octanol–water partition coefficient (Wildman–Crippen LogP) is 2.55. The largest absolute Gasteiger partial charge is 0.489 e. The molecule has 28 heavy (non-hydrogen) atoms. The van der Waals surface area contributed by atoms with Gasteiger partial charge in [-0.1, -0.05) is 12.1 Å². The molecular weight excluding hydrogens is 358 g/mol. The molecule has 1 aromatic carbocycles. The summed E-state index contributed by atoms with van der Waals surface area (Å²) in [5, 5.41) is 12.6. The Balaban J connectivity index is 1.54. The van der Waals surface area contributed by atoms with Gasteiger partial charge in [-0.2, -0.15) is 0 Å². The van der Waals surface area contributed by atoms with E-state index in [-0.39, 0.29) is 24.3 Å². The van der Waals surface area contributed by atoms with Crippen molar-refractivity contribution in [3.63, 3.8) is 0 Å². The molecule has 2 N–H and O–H groups in total. The molecule has 7 nitrogen and oxygen atoms in total. The minimum absolute atomic E-state index is 0.117. The molecule has 2 aliphatic rings. The highest BCUT2D eigenvalue weighted by Crippen LogP contribution is 2.25. The lowest BCUT2D eigenvalue weighted by molar-refractivity contribution is -0.0109. The molecule has 0 aromatic heterocycles. The van der Waals surface area contributed by atoms with Gasteiger partial charge in [-0.05, 0) is 45.2 Å². The van der Waals surface area contributed by atoms with Gasteiger partial charge >= 0.3 is 6.03 Å². The number of ether oxygens (including phenoxy) is 2. The molecule has 2 fully saturated rings. The second-order valence-electron chi connectivity index (χ2n) is 7.86. The van der Waals surface area contributed by atoms with Gasteiger partial charge in [0.05, 0.1) is 17.9 Å². The van der Waals surface area contributed by atoms with E-state index in [9.17, 15) is 9.90 Å². The first-order valence-corrected chi connectivity index (χ1v) is 10.3. The van der Waals surface area contributed by atoms with Crippen molar-refractivity contribution >= 4 is 11.7 Å². The number of nitrogens with zero attached hydrogens (tertiary/aromatic N) is 2. The number of β-amino-alcohol motifs (C(OH)–C–C–N with tert-alkyl or cyclic N) is 1. The number of hydrogen-bond acceptors (Lipinski definition) is 5. The van der Waals surface area contributed by atoms with Crippen LogP contribution in [0, 0.1) is 0 Å². The van der Waals surface area contributed by atoms with E-state index in [4.69, 9.17) is 9.47 Å². The van der Waals surface area contributed by atoms with Gasteiger partial charge < -0.3 is 24.8 Å². The van der Waals surface area contributed by atoms with Gasteiger partial charge in [0.1, 0.15) is 12.4 Å². The molecule has 1 aromatic rings. The zero-order valence-electron chi connectivity index (χ0n) is 17.0. The van der Waals surface area contributed by atoms with Crippen molar-refractivity contribution in [3.8, 4) is 5.75 Å². The summed E-state index contributed by atoms with van der Waals surface area (Å²) in [5.41, 5.74) is 0.683. The van der Waals surface area contributed by atoms with Crippen LogP contribution >= 0.6 is 0 Å². The third kappa shape index (κ3) is 5.83. The normalized spacial score (nSPS) is 24.6. The number of rotatable bonds is 6. The molecule has 0 aliphatic carbocycles. The third-order valence-electron chi connectivity index (χ3n) is 5.38. The average molecular weight is 392 g/mol. The Labute approximate surface area is 167 Å². The number of para-hydroxylation sites is 2. The van der Waals surface area contributed by atoms with Crippen LogP contribution in [0.5, 0.6) is 5.75 Å². The molecule has 156 valence electrons. The Morgan fingerprint density at radius 2 is 2.18 bits per heavy atom. The number of carbonyl (C=O) groups excluding carboxylic acids is 1. The first kappa shape index (κ1) is 20.9. The van der Waals surface area contributed by atoms with Crippen molar-refractivity contribution in [1.29, 1.82) is 0 Å². The minimum atomic E-state index is -0.361. The number of benzene rings is 1. The Morgan fingerprint density at radius 1 is 1.36 bits per heavy atom. The molecule has 0 unspecified atom stereocenters. The Morgan fingerprint density at radius 3 is 2.89 bits per heavy atom. The van der Waals surface area contributed by atoms with E-state index in [1.54, 1.807) is 6.92 Å². The van der Waals surface area contributed by atoms with Crippen LogP contribution in [-0.2, 0) is 4.74 Å². The van der Waals surface area contributed by atoms with Crippen LogP contribution in [0.2, 0.25) is 0 Å². The number of aliphatic hydroxyl groups is 1. The zero-order chi connectivity index (χ0) is 19.9. The summed E-state index contributed by atoms with van der Waals surface area (Å²) in [6.07, 6.45) is 3.07. The summed E-state index contributed by atoms with van der Waals surface area (Å²) in [4.78, 5) is 16.8. The molecule has 2 aliphatic heterocycles. The standard InChI is InChI=1S/C21H33N3O4/c1-16-13-24(11-10-23(16)14-17(2)25)21(26)22-19-8-3-4-9-20(19)28-15-18-7-5-6-12-27-18/h3-4,8-9,16-18,25H,5-7,10-15H2,1-2H3,(H,22,26)/t16-,17-,18-/m0/s1. The highest BCUT2D eigenvalue weighted by molar-refractivity contribution is 5.91. The Hall–Kier alpha value is -1.83. The van der Waals surface area contributed by atoms with Crippen molar-refractivity contribution in [2.24, 2.45) is 0 Å². The first-order valence-electron chi connectivity index (χ1n) is 10.3. The number of amides is 2. The number of nitrogens with one attached hydrogen (secondary N) is 1. The molecule has 0 saturated carbocycles. The summed E-state index contributed by atoms with van der Waals surface area (Å²) in [7, 11) is 0. The van der Waals surface area contributed by atoms with Crippen molar-refractivity contribution < 1.29 is 19.4 Å². The highest BCUT2D eigenvalue weighted by Gasteiger charge is 2.27. The van der Waals surface area contributed by atoms with Crippen molar-refractivity contribution in [2.45, 2.75) is 51.4 Å². The van der Waals surface area contributed by atoms with E-state index in [1.165, 1.54) is 6.42 Å². The summed E-state index contributed by atoms with van der Waals surface area (Å²) >= 11 is 0. The van der Waals surface area contributed by atoms with Crippen LogP contribution in [-0.4, -0.2) is 78.6 Å². The van der Waals surface area contributed by atoms with Crippen molar-refractivity contribution in [1.82, 2.24) is 9.80 Å². The zero-order valence-corrected chi connectivity index (χ0v) is 17.0. The number of aliphatic hydroxyl groups excluding tert-OH is 1. The Kier molecular flexibility index (Phi) is 7.53. The quantitative estimate of drug-likeness (QED) is 0.780. The molecule has 7 heteroatoms. The van der Waals surface area contributed by atoms with Gasteiger partial charge in [-0.3, -0.25) is 4.90 Å². The van der Waals surface area contributed by atoms with E-state index >= 15 is 0 Å². The fourth-order valence-electron chi connectivity index (χ4n) is 3.80. The lowest BCUT2D eigenvalue weighted by Gasteiger charge is -2.40. The summed E-state index contributed by atoms with van der Waals surface area (Å²) in [6, 6.07) is 7.63. The van der Waals surface area contributed by atoms with Gasteiger partial charge in [0.2, 0.25) is 0 Å². The van der Waals surface area contributed by atoms with Crippen molar-refractivity contribution in [2.75, 3.05) is 44.7 Å². The molecular formula is C21H33N3O4. The SMILES string of the molecule is C[C@H](O)CN1CCN(C(=O)Nc2ccccc2OC[C@@H]2CCCCO2)C[C@@H]1C. The summed E-state index contributed by atoms with van der Waals surface area (Å²) in [5.74, 6) is 0.672. The topological polar surface area (TPSA) is 74.3 Å². The van der Waals surface area contributed by atoms with E-state index in [2.05, 4.69) is 17.1 Å². The van der Waals surface area contributed by atoms with Gasteiger partial charge in [0.25, 0.3) is 0 Å². The summed E-state index contributed by atoms with van der Waals surface area (Å²) < 4.78 is 11.7. The number of carbonyl (C=O) groups is 1. The van der Waals surface area contributed by atoms with Gasteiger partial charge in [-0.25, -0.2) is 4.79 Å². The lowest BCUT2D eigenvalue weighted by atomic mass is 10.1. The second kappa shape index (κ2) is 10.1. The number of hydrogen-bond donors (Lipinski definition) is 2. The maximum Gasteiger partial charge on any atom is 0.322 e. The molecule has 0 bridgehead atoms. The fraction of sp³-hybridized carbons (Fsp3) is 0.667. The average Bonchev–Trinajstić information content (AvgIpc) is 2.69. The minimum Gasteiger partial charge on any atom is -0.489 e. The number of piperazine rings is 1. The van der Waals surface area contributed by atoms with Crippen LogP contribution in [0.25, 0.3) is 0 Å². The molecule has 3 atom stereocenters. The maximum absolute atomic E-state index is 12.8. The van der Waals surface area contributed by atoms with Gasteiger partial charge in [0.15, 0.2) is 0 Å². The monoisotopic (exact) mass is 391 g/mol. The van der Waals surface area contributed by atoms with Gasteiger partial charge in [-0.15, -0.1) is 0 Å². The molecule has 3 rings (SSSR count). The predicted molar refractivity (Wildman–Crippen MR) is 109 cm³/mol. The maximum atomic E-state index is 12.8. The van der Waals surface area contributed by atoms with E-state index < -0.39 is 0 Å². The van der Waals surface area contributed by atoms with Crippen LogP contribution in [0.4, 0.5) is 10.5 Å². The van der Waals surface area contributed by atoms with E-state index in [0.29, 0.717) is 37.7 Å². The highest BCUT2D eigenvalue weighted by atomic mass is 16.5. The fourth-order valence-corrected chi connectivity index (χ4v) is 3.80. The molecule has 0 spiro atoms. The smallest absolute Gasteiger partial charge is 0.322 e. The molecule has 2 heterocycles. The van der Waals surface area contributed by atoms with Crippen LogP contribution in [0.15, 0.2) is 24.3 Å². The van der Waals surface area contributed by atoms with E-state index in [0.717, 1.165) is 26.0 Å². The van der Waals surface area contributed by atoms with Gasteiger partial charge in [0, 0.05) is 38.8 Å². The van der Waals surface area contributed by atoms with Crippen LogP contribution in [0.1, 0.15) is 33.1 Å². The Bertz CT molecular complexity index is 634. The molecule has 2 saturated heterocycles. The summed E-state index contributed by atoms with van der Waals surface area (Å²) in [6.45, 7) is 7.85. The number of urea groups is 1. The second-order valence-corrected chi connectivity index (χ2v) is 7.86. The van der Waals surface area contributed by atoms with Crippen LogP contribution in [0.3, 0.4) is 0 Å². The molecule has 2 amide bonds. The lowest BCUT2D eigenvalue weighted by Crippen LogP contribution is -2.55.